The van der Waals surface area contributed by atoms with Gasteiger partial charge in [-0.15, -0.1) is 0 Å². The van der Waals surface area contributed by atoms with E-state index >= 15 is 0 Å². The molecule has 6 heteroatoms. The Morgan fingerprint density at radius 2 is 1.92 bits per heavy atom. The summed E-state index contributed by atoms with van der Waals surface area (Å²) < 4.78 is 12.2. The van der Waals surface area contributed by atoms with Crippen LogP contribution in [0.15, 0.2) is 47.4 Å². The Balaban J connectivity index is 1.89. The van der Waals surface area contributed by atoms with Crippen LogP contribution in [0.4, 0.5) is 0 Å². The van der Waals surface area contributed by atoms with Crippen molar-refractivity contribution >= 4 is 22.7 Å². The highest BCUT2D eigenvalue weighted by Crippen LogP contribution is 2.24. The average Bonchev–Trinajstić information content (AvgIpc) is 2.65. The summed E-state index contributed by atoms with van der Waals surface area (Å²) in [7, 11) is -1.21. The van der Waals surface area contributed by atoms with E-state index in [2.05, 4.69) is 0 Å². The van der Waals surface area contributed by atoms with Crippen LogP contribution in [0, 0.1) is 0 Å². The second kappa shape index (κ2) is 7.19. The number of carboxylic acids is 1. The first kappa shape index (κ1) is 17.4. The van der Waals surface area contributed by atoms with E-state index in [0.29, 0.717) is 35.7 Å². The number of rotatable bonds is 4. The quantitative estimate of drug-likeness (QED) is 0.913. The lowest BCUT2D eigenvalue weighted by atomic mass is 9.97. The first-order valence-corrected chi connectivity index (χ1v) is 9.45. The molecule has 0 fully saturated rings. The molecule has 1 atom stereocenters. The van der Waals surface area contributed by atoms with E-state index in [-0.39, 0.29) is 11.5 Å². The molecule has 5 nitrogen and oxygen atoms in total. The number of aromatic carboxylic acids is 1. The predicted octanol–water partition coefficient (Wildman–Crippen LogP) is 2.71. The molecule has 0 radical (unpaired) electrons. The molecule has 2 aromatic rings. The maximum atomic E-state index is 12.9. The normalized spacial score (nSPS) is 14.7. The number of carboxylic acid groups (broad SMARTS) is 1. The van der Waals surface area contributed by atoms with E-state index < -0.39 is 16.8 Å². The van der Waals surface area contributed by atoms with Gasteiger partial charge >= 0.3 is 5.97 Å². The number of carbonyl (C=O) groups is 2. The molecule has 130 valence electrons. The Morgan fingerprint density at radius 1 is 1.16 bits per heavy atom. The van der Waals surface area contributed by atoms with Crippen molar-refractivity contribution in [3.05, 3.63) is 64.7 Å². The number of hydrogen-bond acceptors (Lipinski definition) is 3. The Morgan fingerprint density at radius 3 is 2.64 bits per heavy atom. The van der Waals surface area contributed by atoms with E-state index in [1.807, 2.05) is 13.0 Å². The topological polar surface area (TPSA) is 74.7 Å². The summed E-state index contributed by atoms with van der Waals surface area (Å²) in [5.41, 5.74) is 2.61. The Kier molecular flexibility index (Phi) is 4.99. The van der Waals surface area contributed by atoms with Gasteiger partial charge in [0.1, 0.15) is 0 Å². The zero-order valence-electron chi connectivity index (χ0n) is 13.9. The zero-order chi connectivity index (χ0) is 18.0. The van der Waals surface area contributed by atoms with Crippen molar-refractivity contribution in [1.82, 2.24) is 4.90 Å². The zero-order valence-corrected chi connectivity index (χ0v) is 14.7. The van der Waals surface area contributed by atoms with Crippen molar-refractivity contribution in [2.75, 3.05) is 12.3 Å². The maximum Gasteiger partial charge on any atom is 0.335 e. The number of carbonyl (C=O) groups excluding carboxylic acids is 1. The lowest BCUT2D eigenvalue weighted by Crippen LogP contribution is -2.36. The number of fused-ring (bicyclic) bond motifs is 1. The second-order valence-electron chi connectivity index (χ2n) is 5.90. The van der Waals surface area contributed by atoms with Crippen LogP contribution in [-0.2, 0) is 23.8 Å². The Labute approximate surface area is 148 Å². The third-order valence-electron chi connectivity index (χ3n) is 4.38. The Hall–Kier alpha value is -2.47. The summed E-state index contributed by atoms with van der Waals surface area (Å²) in [5.74, 6) is -0.687. The van der Waals surface area contributed by atoms with Crippen LogP contribution in [-0.4, -0.2) is 38.4 Å². The van der Waals surface area contributed by atoms with Crippen LogP contribution in [0.2, 0.25) is 0 Å². The fraction of sp³-hybridized carbons (Fsp3) is 0.263. The number of benzene rings is 2. The van der Waals surface area contributed by atoms with Crippen molar-refractivity contribution in [3.8, 4) is 0 Å². The first-order valence-electron chi connectivity index (χ1n) is 8.13. The van der Waals surface area contributed by atoms with Gasteiger partial charge < -0.3 is 10.0 Å². The standard InChI is InChI=1S/C19H19NO4S/c1-2-25(24)17-6-4-3-5-16(17)18(21)20-10-9-13-7-8-14(19(22)23)11-15(13)12-20/h3-8,11H,2,9-10,12H2,1H3,(H,22,23). The van der Waals surface area contributed by atoms with Gasteiger partial charge in [0.15, 0.2) is 0 Å². The SMILES string of the molecule is CCS(=O)c1ccccc1C(=O)N1CCc2ccc(C(=O)O)cc2C1. The van der Waals surface area contributed by atoms with Crippen LogP contribution in [0.1, 0.15) is 38.8 Å². The van der Waals surface area contributed by atoms with Gasteiger partial charge in [0.2, 0.25) is 0 Å². The lowest BCUT2D eigenvalue weighted by molar-refractivity contribution is 0.0696. The van der Waals surface area contributed by atoms with Gasteiger partial charge in [-0.05, 0) is 41.8 Å². The fourth-order valence-corrected chi connectivity index (χ4v) is 3.97. The molecule has 0 saturated carbocycles. The van der Waals surface area contributed by atoms with Crippen molar-refractivity contribution in [2.24, 2.45) is 0 Å². The van der Waals surface area contributed by atoms with Gasteiger partial charge in [-0.3, -0.25) is 9.00 Å². The third kappa shape index (κ3) is 3.49. The highest BCUT2D eigenvalue weighted by atomic mass is 32.2. The molecular weight excluding hydrogens is 338 g/mol. The van der Waals surface area contributed by atoms with Gasteiger partial charge in [0.25, 0.3) is 5.91 Å². The molecule has 3 rings (SSSR count). The van der Waals surface area contributed by atoms with Crippen LogP contribution in [0.25, 0.3) is 0 Å². The highest BCUT2D eigenvalue weighted by Gasteiger charge is 2.25. The van der Waals surface area contributed by atoms with Crippen LogP contribution >= 0.6 is 0 Å². The fourth-order valence-electron chi connectivity index (χ4n) is 3.03. The van der Waals surface area contributed by atoms with E-state index in [9.17, 15) is 13.8 Å². The predicted molar refractivity (Wildman–Crippen MR) is 95.2 cm³/mol. The molecular formula is C19H19NO4S. The van der Waals surface area contributed by atoms with E-state index in [4.69, 9.17) is 5.11 Å². The molecule has 1 heterocycles. The monoisotopic (exact) mass is 357 g/mol. The summed E-state index contributed by atoms with van der Waals surface area (Å²) in [6.07, 6.45) is 0.681. The number of amides is 1. The summed E-state index contributed by atoms with van der Waals surface area (Å²) in [6, 6.07) is 12.0. The van der Waals surface area contributed by atoms with Crippen molar-refractivity contribution < 1.29 is 18.9 Å². The smallest absolute Gasteiger partial charge is 0.335 e. The van der Waals surface area contributed by atoms with E-state index in [1.54, 1.807) is 41.3 Å². The third-order valence-corrected chi connectivity index (χ3v) is 5.75. The number of hydrogen-bond donors (Lipinski definition) is 1. The van der Waals surface area contributed by atoms with Gasteiger partial charge in [-0.2, -0.15) is 0 Å². The van der Waals surface area contributed by atoms with Gasteiger partial charge in [-0.25, -0.2) is 4.79 Å². The molecule has 1 aliphatic heterocycles. The molecule has 2 aromatic carbocycles. The van der Waals surface area contributed by atoms with Crippen molar-refractivity contribution in [2.45, 2.75) is 24.8 Å². The lowest BCUT2D eigenvalue weighted by Gasteiger charge is -2.29. The summed E-state index contributed by atoms with van der Waals surface area (Å²) >= 11 is 0. The molecule has 25 heavy (non-hydrogen) atoms. The molecule has 1 unspecified atom stereocenters. The minimum Gasteiger partial charge on any atom is -0.478 e. The van der Waals surface area contributed by atoms with Gasteiger partial charge in [0.05, 0.1) is 26.8 Å². The molecule has 1 amide bonds. The van der Waals surface area contributed by atoms with E-state index in [1.165, 1.54) is 0 Å². The molecule has 0 saturated heterocycles. The Bertz CT molecular complexity index is 862. The average molecular weight is 357 g/mol. The summed E-state index contributed by atoms with van der Waals surface area (Å²) in [5, 5.41) is 9.15. The molecule has 0 aliphatic carbocycles. The highest BCUT2D eigenvalue weighted by molar-refractivity contribution is 7.85. The van der Waals surface area contributed by atoms with Crippen molar-refractivity contribution in [3.63, 3.8) is 0 Å². The molecule has 0 bridgehead atoms. The molecule has 1 N–H and O–H groups in total. The minimum absolute atomic E-state index is 0.163. The maximum absolute atomic E-state index is 12.9. The van der Waals surface area contributed by atoms with Crippen LogP contribution < -0.4 is 0 Å². The van der Waals surface area contributed by atoms with Gasteiger partial charge in [-0.1, -0.05) is 25.1 Å². The largest absolute Gasteiger partial charge is 0.478 e. The summed E-state index contributed by atoms with van der Waals surface area (Å²) in [6.45, 7) is 2.75. The first-order chi connectivity index (χ1) is 12.0. The van der Waals surface area contributed by atoms with Gasteiger partial charge in [0, 0.05) is 18.8 Å². The summed E-state index contributed by atoms with van der Waals surface area (Å²) in [4.78, 5) is 26.4. The molecule has 1 aliphatic rings. The molecule has 0 aromatic heterocycles. The minimum atomic E-state index is -1.21. The van der Waals surface area contributed by atoms with E-state index in [0.717, 1.165) is 11.1 Å². The second-order valence-corrected chi connectivity index (χ2v) is 7.60. The number of nitrogens with zero attached hydrogens (tertiary/aromatic N) is 1. The van der Waals surface area contributed by atoms with Crippen LogP contribution in [0.3, 0.4) is 0 Å². The van der Waals surface area contributed by atoms with Crippen molar-refractivity contribution in [1.29, 1.82) is 0 Å². The molecule has 0 spiro atoms. The van der Waals surface area contributed by atoms with Crippen LogP contribution in [0.5, 0.6) is 0 Å².